The third kappa shape index (κ3) is 2.94. The van der Waals surface area contributed by atoms with Gasteiger partial charge in [0.2, 0.25) is 5.09 Å². The predicted molar refractivity (Wildman–Crippen MR) is 57.6 cm³/mol. The Kier molecular flexibility index (Phi) is 4.15. The van der Waals surface area contributed by atoms with Crippen molar-refractivity contribution in [1.29, 1.82) is 0 Å². The van der Waals surface area contributed by atoms with Crippen LogP contribution in [0.1, 0.15) is 6.42 Å². The Hall–Kier alpha value is -0.560. The van der Waals surface area contributed by atoms with Crippen LogP contribution < -0.4 is 10.0 Å². The first-order chi connectivity index (χ1) is 6.68. The molecule has 1 saturated heterocycles. The molecule has 0 saturated carbocycles. The summed E-state index contributed by atoms with van der Waals surface area (Å²) in [4.78, 5) is 0. The van der Waals surface area contributed by atoms with Gasteiger partial charge in [0.25, 0.3) is 10.0 Å². The van der Waals surface area contributed by atoms with E-state index in [1.165, 1.54) is 12.3 Å². The molecular formula is C8H13ClN2O3S. The molecule has 7 heteroatoms. The summed E-state index contributed by atoms with van der Waals surface area (Å²) in [6.45, 7) is 1.53. The summed E-state index contributed by atoms with van der Waals surface area (Å²) in [5.41, 5.74) is 0. The molecule has 5 nitrogen and oxygen atoms in total. The van der Waals surface area contributed by atoms with Gasteiger partial charge in [-0.1, -0.05) is 0 Å². The summed E-state index contributed by atoms with van der Waals surface area (Å²) in [5.74, 6) is 0. The van der Waals surface area contributed by atoms with Gasteiger partial charge in [-0.05, 0) is 25.1 Å². The van der Waals surface area contributed by atoms with Gasteiger partial charge in [0.15, 0.2) is 0 Å². The van der Waals surface area contributed by atoms with Crippen LogP contribution in [0.4, 0.5) is 0 Å². The lowest BCUT2D eigenvalue weighted by Crippen LogP contribution is -2.35. The predicted octanol–water partition coefficient (Wildman–Crippen LogP) is 0.342. The van der Waals surface area contributed by atoms with E-state index >= 15 is 0 Å². The van der Waals surface area contributed by atoms with Gasteiger partial charge in [0.05, 0.1) is 6.26 Å². The fraction of sp³-hybridized carbons (Fsp3) is 0.500. The first-order valence-electron chi connectivity index (χ1n) is 4.45. The van der Waals surface area contributed by atoms with Crippen molar-refractivity contribution in [3.63, 3.8) is 0 Å². The number of nitrogens with one attached hydrogen (secondary N) is 2. The summed E-state index contributed by atoms with van der Waals surface area (Å²) in [5, 5.41) is 3.06. The number of furan rings is 1. The highest BCUT2D eigenvalue weighted by Gasteiger charge is 2.24. The molecule has 0 bridgehead atoms. The van der Waals surface area contributed by atoms with Crippen molar-refractivity contribution in [3.05, 3.63) is 18.4 Å². The van der Waals surface area contributed by atoms with E-state index in [0.29, 0.717) is 6.54 Å². The minimum atomic E-state index is -3.46. The summed E-state index contributed by atoms with van der Waals surface area (Å²) in [7, 11) is -3.46. The molecule has 1 fully saturated rings. The molecule has 0 amide bonds. The molecule has 1 atom stereocenters. The minimum Gasteiger partial charge on any atom is -0.452 e. The molecule has 15 heavy (non-hydrogen) atoms. The Balaban J connectivity index is 0.00000112. The summed E-state index contributed by atoms with van der Waals surface area (Å²) in [6, 6.07) is 2.97. The molecule has 2 N–H and O–H groups in total. The van der Waals surface area contributed by atoms with Crippen LogP contribution in [0.3, 0.4) is 0 Å². The normalized spacial score (nSPS) is 21.2. The Morgan fingerprint density at radius 1 is 1.53 bits per heavy atom. The van der Waals surface area contributed by atoms with Crippen molar-refractivity contribution in [2.45, 2.75) is 17.6 Å². The van der Waals surface area contributed by atoms with E-state index < -0.39 is 10.0 Å². The molecule has 1 aromatic heterocycles. The maximum Gasteiger partial charge on any atom is 0.274 e. The second-order valence-electron chi connectivity index (χ2n) is 3.24. The molecule has 0 spiro atoms. The van der Waals surface area contributed by atoms with Crippen LogP contribution >= 0.6 is 12.4 Å². The maximum absolute atomic E-state index is 11.6. The summed E-state index contributed by atoms with van der Waals surface area (Å²) >= 11 is 0. The lowest BCUT2D eigenvalue weighted by atomic mass is 10.3. The van der Waals surface area contributed by atoms with Gasteiger partial charge in [-0.2, -0.15) is 0 Å². The monoisotopic (exact) mass is 252 g/mol. The average Bonchev–Trinajstić information content (AvgIpc) is 2.71. The molecule has 0 aliphatic carbocycles. The second-order valence-corrected chi connectivity index (χ2v) is 4.89. The lowest BCUT2D eigenvalue weighted by molar-refractivity contribution is 0.442. The van der Waals surface area contributed by atoms with Crippen molar-refractivity contribution in [1.82, 2.24) is 10.0 Å². The van der Waals surface area contributed by atoms with E-state index in [2.05, 4.69) is 10.0 Å². The molecule has 2 heterocycles. The zero-order chi connectivity index (χ0) is 10.0. The van der Waals surface area contributed by atoms with E-state index in [4.69, 9.17) is 4.42 Å². The largest absolute Gasteiger partial charge is 0.452 e. The fourth-order valence-corrected chi connectivity index (χ4v) is 2.65. The SMILES string of the molecule is Cl.O=S(=O)(NC1CCNC1)c1ccco1. The highest BCUT2D eigenvalue weighted by Crippen LogP contribution is 2.10. The number of hydrogen-bond acceptors (Lipinski definition) is 4. The van der Waals surface area contributed by atoms with Crippen LogP contribution in [-0.4, -0.2) is 27.5 Å². The highest BCUT2D eigenvalue weighted by molar-refractivity contribution is 7.89. The van der Waals surface area contributed by atoms with Gasteiger partial charge in [0, 0.05) is 12.6 Å². The van der Waals surface area contributed by atoms with Crippen molar-refractivity contribution in [3.8, 4) is 0 Å². The highest BCUT2D eigenvalue weighted by atomic mass is 35.5. The van der Waals surface area contributed by atoms with Crippen molar-refractivity contribution in [2.24, 2.45) is 0 Å². The second kappa shape index (κ2) is 4.98. The van der Waals surface area contributed by atoms with E-state index in [-0.39, 0.29) is 23.5 Å². The van der Waals surface area contributed by atoms with Crippen LogP contribution in [0.25, 0.3) is 0 Å². The third-order valence-electron chi connectivity index (χ3n) is 2.14. The topological polar surface area (TPSA) is 71.3 Å². The minimum absolute atomic E-state index is 0. The third-order valence-corrected chi connectivity index (χ3v) is 3.55. The molecule has 1 aliphatic rings. The molecule has 86 valence electrons. The Morgan fingerprint density at radius 3 is 2.87 bits per heavy atom. The van der Waals surface area contributed by atoms with Gasteiger partial charge in [-0.25, -0.2) is 13.1 Å². The van der Waals surface area contributed by atoms with Gasteiger partial charge >= 0.3 is 0 Å². The first-order valence-corrected chi connectivity index (χ1v) is 5.93. The number of halogens is 1. The molecule has 2 rings (SSSR count). The quantitative estimate of drug-likeness (QED) is 0.814. The van der Waals surface area contributed by atoms with Gasteiger partial charge < -0.3 is 9.73 Å². The smallest absolute Gasteiger partial charge is 0.274 e. The molecule has 1 unspecified atom stereocenters. The maximum atomic E-state index is 11.6. The number of hydrogen-bond donors (Lipinski definition) is 2. The molecule has 0 radical (unpaired) electrons. The number of sulfonamides is 1. The Labute approximate surface area is 94.7 Å². The van der Waals surface area contributed by atoms with E-state index in [0.717, 1.165) is 13.0 Å². The van der Waals surface area contributed by atoms with Crippen LogP contribution in [0.15, 0.2) is 27.9 Å². The van der Waals surface area contributed by atoms with Crippen LogP contribution in [0.5, 0.6) is 0 Å². The zero-order valence-corrected chi connectivity index (χ0v) is 9.60. The molecule has 1 aromatic rings. The molecular weight excluding hydrogens is 240 g/mol. The van der Waals surface area contributed by atoms with Gasteiger partial charge in [-0.15, -0.1) is 12.4 Å². The van der Waals surface area contributed by atoms with E-state index in [1.54, 1.807) is 6.07 Å². The average molecular weight is 253 g/mol. The van der Waals surface area contributed by atoms with Crippen molar-refractivity contribution in [2.75, 3.05) is 13.1 Å². The summed E-state index contributed by atoms with van der Waals surface area (Å²) in [6.07, 6.45) is 2.17. The zero-order valence-electron chi connectivity index (χ0n) is 7.97. The van der Waals surface area contributed by atoms with Crippen LogP contribution in [-0.2, 0) is 10.0 Å². The Bertz CT molecular complexity index is 384. The van der Waals surface area contributed by atoms with E-state index in [1.807, 2.05) is 0 Å². The van der Waals surface area contributed by atoms with Gasteiger partial charge in [-0.3, -0.25) is 0 Å². The van der Waals surface area contributed by atoms with Crippen LogP contribution in [0.2, 0.25) is 0 Å². The Morgan fingerprint density at radius 2 is 2.33 bits per heavy atom. The molecule has 0 aromatic carbocycles. The fourth-order valence-electron chi connectivity index (χ4n) is 1.45. The first kappa shape index (κ1) is 12.5. The summed E-state index contributed by atoms with van der Waals surface area (Å²) < 4.78 is 30.6. The standard InChI is InChI=1S/C8H12N2O3S.ClH/c11-14(12,8-2-1-5-13-8)10-7-3-4-9-6-7;/h1-2,5,7,9-10H,3-4,6H2;1H. The number of rotatable bonds is 3. The lowest BCUT2D eigenvalue weighted by Gasteiger charge is -2.09. The van der Waals surface area contributed by atoms with Crippen LogP contribution in [0, 0.1) is 0 Å². The van der Waals surface area contributed by atoms with E-state index in [9.17, 15) is 8.42 Å². The molecule has 1 aliphatic heterocycles. The van der Waals surface area contributed by atoms with Gasteiger partial charge in [0.1, 0.15) is 0 Å². The van der Waals surface area contributed by atoms with Crippen molar-refractivity contribution < 1.29 is 12.8 Å². The van der Waals surface area contributed by atoms with Crippen molar-refractivity contribution >= 4 is 22.4 Å².